The molecule has 0 N–H and O–H groups in total. The molecule has 0 bridgehead atoms. The Hall–Kier alpha value is -3.99. The first-order valence-electron chi connectivity index (χ1n) is 12.1. The normalized spacial score (nSPS) is 11.2. The van der Waals surface area contributed by atoms with Crippen LogP contribution in [0, 0.1) is 19.7 Å². The molecule has 0 atom stereocenters. The van der Waals surface area contributed by atoms with Crippen LogP contribution in [-0.4, -0.2) is 24.7 Å². The quantitative estimate of drug-likeness (QED) is 0.146. The number of fused-ring (bicyclic) bond motifs is 1. The second-order valence-corrected chi connectivity index (χ2v) is 8.83. The summed E-state index contributed by atoms with van der Waals surface area (Å²) >= 11 is 0. The SMILES string of the molecule is CCCCOc1cc(C)c(-c2cccc(-c3ccc4cc(/C=C/C(=O)OC)c(F)cc4n3)c2)c(C)c1. The highest BCUT2D eigenvalue weighted by Crippen LogP contribution is 2.33. The maximum Gasteiger partial charge on any atom is 0.330 e. The summed E-state index contributed by atoms with van der Waals surface area (Å²) in [6, 6.07) is 19.3. The van der Waals surface area contributed by atoms with E-state index < -0.39 is 11.8 Å². The van der Waals surface area contributed by atoms with Crippen LogP contribution in [0.2, 0.25) is 0 Å². The molecule has 0 spiro atoms. The van der Waals surface area contributed by atoms with Crippen molar-refractivity contribution in [2.24, 2.45) is 0 Å². The lowest BCUT2D eigenvalue weighted by atomic mass is 9.93. The van der Waals surface area contributed by atoms with Crippen LogP contribution in [0.4, 0.5) is 4.39 Å². The van der Waals surface area contributed by atoms with Gasteiger partial charge in [-0.25, -0.2) is 14.2 Å². The minimum Gasteiger partial charge on any atom is -0.494 e. The lowest BCUT2D eigenvalue weighted by Gasteiger charge is -2.15. The second-order valence-electron chi connectivity index (χ2n) is 8.83. The van der Waals surface area contributed by atoms with Crippen molar-refractivity contribution in [1.82, 2.24) is 4.98 Å². The minimum absolute atomic E-state index is 0.303. The topological polar surface area (TPSA) is 48.4 Å². The number of nitrogens with zero attached hydrogens (tertiary/aromatic N) is 1. The monoisotopic (exact) mass is 483 g/mol. The van der Waals surface area contributed by atoms with Crippen molar-refractivity contribution in [3.05, 3.63) is 89.2 Å². The van der Waals surface area contributed by atoms with Gasteiger partial charge in [0, 0.05) is 28.7 Å². The smallest absolute Gasteiger partial charge is 0.330 e. The first-order valence-corrected chi connectivity index (χ1v) is 12.1. The van der Waals surface area contributed by atoms with Crippen molar-refractivity contribution in [3.63, 3.8) is 0 Å². The van der Waals surface area contributed by atoms with Gasteiger partial charge in [0.05, 0.1) is 24.9 Å². The molecule has 0 amide bonds. The summed E-state index contributed by atoms with van der Waals surface area (Å²) < 4.78 is 25.2. The number of aryl methyl sites for hydroxylation is 2. The molecule has 0 fully saturated rings. The van der Waals surface area contributed by atoms with Gasteiger partial charge in [-0.05, 0) is 78.9 Å². The number of halogens is 1. The van der Waals surface area contributed by atoms with Crippen LogP contribution in [0.1, 0.15) is 36.5 Å². The molecule has 0 aliphatic rings. The van der Waals surface area contributed by atoms with Crippen molar-refractivity contribution in [2.45, 2.75) is 33.6 Å². The maximum atomic E-state index is 14.7. The fourth-order valence-corrected chi connectivity index (χ4v) is 4.31. The molecule has 4 nitrogen and oxygen atoms in total. The molecule has 0 saturated carbocycles. The Morgan fingerprint density at radius 1 is 1.00 bits per heavy atom. The average molecular weight is 484 g/mol. The van der Waals surface area contributed by atoms with Gasteiger partial charge in [-0.3, -0.25) is 0 Å². The number of rotatable bonds is 8. The summed E-state index contributed by atoms with van der Waals surface area (Å²) in [5.41, 5.74) is 7.14. The highest BCUT2D eigenvalue weighted by atomic mass is 19.1. The van der Waals surface area contributed by atoms with E-state index in [2.05, 4.69) is 49.8 Å². The molecule has 0 radical (unpaired) electrons. The largest absolute Gasteiger partial charge is 0.494 e. The molecular weight excluding hydrogens is 453 g/mol. The third-order valence-electron chi connectivity index (χ3n) is 6.13. The van der Waals surface area contributed by atoms with Crippen LogP contribution in [0.3, 0.4) is 0 Å². The number of hydrogen-bond acceptors (Lipinski definition) is 4. The van der Waals surface area contributed by atoms with Crippen LogP contribution in [0.25, 0.3) is 39.4 Å². The van der Waals surface area contributed by atoms with Crippen molar-refractivity contribution in [1.29, 1.82) is 0 Å². The Morgan fingerprint density at radius 3 is 2.47 bits per heavy atom. The Morgan fingerprint density at radius 2 is 1.75 bits per heavy atom. The van der Waals surface area contributed by atoms with Gasteiger partial charge >= 0.3 is 5.97 Å². The summed E-state index contributed by atoms with van der Waals surface area (Å²) in [4.78, 5) is 16.1. The third-order valence-corrected chi connectivity index (χ3v) is 6.13. The molecule has 3 aromatic carbocycles. The van der Waals surface area contributed by atoms with Gasteiger partial charge in [0.1, 0.15) is 11.6 Å². The molecule has 4 aromatic rings. The van der Waals surface area contributed by atoms with Crippen LogP contribution in [0.5, 0.6) is 5.75 Å². The Kier molecular flexibility index (Phi) is 7.79. The standard InChI is InChI=1S/C31H30FNO3/c1-5-6-14-36-26-15-20(2)31(21(3)16-26)25-9-7-8-23(18-25)28-12-10-24-17-22(11-13-30(34)35-4)27(32)19-29(24)33-28/h7-13,15-19H,5-6,14H2,1-4H3/b13-11+. The molecule has 184 valence electrons. The van der Waals surface area contributed by atoms with Crippen LogP contribution < -0.4 is 4.74 Å². The van der Waals surface area contributed by atoms with Gasteiger partial charge in [0.25, 0.3) is 0 Å². The molecule has 1 heterocycles. The number of hydrogen-bond donors (Lipinski definition) is 0. The van der Waals surface area contributed by atoms with E-state index in [0.717, 1.165) is 58.5 Å². The van der Waals surface area contributed by atoms with E-state index in [-0.39, 0.29) is 0 Å². The predicted molar refractivity (Wildman–Crippen MR) is 143 cm³/mol. The van der Waals surface area contributed by atoms with Crippen molar-refractivity contribution in [2.75, 3.05) is 13.7 Å². The van der Waals surface area contributed by atoms with Crippen LogP contribution >= 0.6 is 0 Å². The Balaban J connectivity index is 1.66. The lowest BCUT2D eigenvalue weighted by molar-refractivity contribution is -0.134. The molecule has 1 aromatic heterocycles. The molecule has 0 aliphatic heterocycles. The number of esters is 1. The fraction of sp³-hybridized carbons (Fsp3) is 0.226. The first kappa shape index (κ1) is 25.1. The Bertz CT molecular complexity index is 1420. The van der Waals surface area contributed by atoms with Gasteiger partial charge in [0.15, 0.2) is 0 Å². The lowest BCUT2D eigenvalue weighted by Crippen LogP contribution is -1.98. The number of unbranched alkanes of at least 4 members (excludes halogenated alkanes) is 1. The highest BCUT2D eigenvalue weighted by molar-refractivity contribution is 5.89. The van der Waals surface area contributed by atoms with E-state index in [1.54, 1.807) is 6.07 Å². The number of ether oxygens (including phenoxy) is 2. The van der Waals surface area contributed by atoms with Crippen molar-refractivity contribution < 1.29 is 18.7 Å². The molecule has 0 unspecified atom stereocenters. The van der Waals surface area contributed by atoms with E-state index in [1.165, 1.54) is 30.9 Å². The predicted octanol–water partition coefficient (Wildman–Crippen LogP) is 7.69. The zero-order chi connectivity index (χ0) is 25.7. The highest BCUT2D eigenvalue weighted by Gasteiger charge is 2.11. The van der Waals surface area contributed by atoms with Gasteiger partial charge in [-0.1, -0.05) is 37.6 Å². The number of benzene rings is 3. The second kappa shape index (κ2) is 11.2. The van der Waals surface area contributed by atoms with E-state index >= 15 is 0 Å². The fourth-order valence-electron chi connectivity index (χ4n) is 4.31. The minimum atomic E-state index is -0.535. The van der Waals surface area contributed by atoms with Crippen LogP contribution in [-0.2, 0) is 9.53 Å². The summed E-state index contributed by atoms with van der Waals surface area (Å²) in [6.07, 6.45) is 4.75. The number of methoxy groups -OCH3 is 1. The van der Waals surface area contributed by atoms with E-state index in [9.17, 15) is 9.18 Å². The summed E-state index contributed by atoms with van der Waals surface area (Å²) in [6.45, 7) is 7.08. The number of carbonyl (C=O) groups excluding carboxylic acids is 1. The molecule has 5 heteroatoms. The third kappa shape index (κ3) is 5.62. The van der Waals surface area contributed by atoms with E-state index in [4.69, 9.17) is 9.72 Å². The Labute approximate surface area is 211 Å². The molecule has 4 rings (SSSR count). The molecule has 0 aliphatic carbocycles. The van der Waals surface area contributed by atoms with Gasteiger partial charge in [-0.15, -0.1) is 0 Å². The van der Waals surface area contributed by atoms with Gasteiger partial charge < -0.3 is 9.47 Å². The summed E-state index contributed by atoms with van der Waals surface area (Å²) in [5.74, 6) is -0.0853. The number of aromatic nitrogens is 1. The summed E-state index contributed by atoms with van der Waals surface area (Å²) in [5, 5.41) is 0.783. The zero-order valence-electron chi connectivity index (χ0n) is 21.1. The van der Waals surface area contributed by atoms with Gasteiger partial charge in [0.2, 0.25) is 0 Å². The molecule has 0 saturated heterocycles. The van der Waals surface area contributed by atoms with Crippen molar-refractivity contribution >= 4 is 22.9 Å². The van der Waals surface area contributed by atoms with Crippen LogP contribution in [0.15, 0.2) is 66.7 Å². The molecule has 36 heavy (non-hydrogen) atoms. The number of pyridine rings is 1. The molecular formula is C31H30FNO3. The van der Waals surface area contributed by atoms with Gasteiger partial charge in [-0.2, -0.15) is 0 Å². The van der Waals surface area contributed by atoms with E-state index in [0.29, 0.717) is 11.1 Å². The van der Waals surface area contributed by atoms with Crippen molar-refractivity contribution in [3.8, 4) is 28.1 Å². The zero-order valence-corrected chi connectivity index (χ0v) is 21.1. The maximum absolute atomic E-state index is 14.7. The summed E-state index contributed by atoms with van der Waals surface area (Å²) in [7, 11) is 1.28. The average Bonchev–Trinajstić information content (AvgIpc) is 2.87. The van der Waals surface area contributed by atoms with E-state index in [1.807, 2.05) is 24.3 Å². The number of carbonyl (C=O) groups is 1. The first-order chi connectivity index (χ1) is 17.4.